The first kappa shape index (κ1) is 6.60. The van der Waals surface area contributed by atoms with Crippen molar-refractivity contribution in [3.05, 3.63) is 18.5 Å². The fraction of sp³-hybridized carbons (Fsp3) is 0.200. The van der Waals surface area contributed by atoms with E-state index in [0.29, 0.717) is 5.57 Å². The van der Waals surface area contributed by atoms with Gasteiger partial charge in [-0.15, -0.1) is 5.10 Å². The van der Waals surface area contributed by atoms with Gasteiger partial charge in [-0.1, -0.05) is 6.58 Å². The molecule has 1 aromatic rings. The molecule has 0 saturated carbocycles. The summed E-state index contributed by atoms with van der Waals surface area (Å²) < 4.78 is 1.03. The average molecular weight is 138 g/mol. The van der Waals surface area contributed by atoms with Crippen molar-refractivity contribution >= 4 is 5.91 Å². The quantitative estimate of drug-likeness (QED) is 0.401. The van der Waals surface area contributed by atoms with Gasteiger partial charge in [-0.05, 0) is 17.4 Å². The van der Waals surface area contributed by atoms with Gasteiger partial charge in [0, 0.05) is 5.57 Å². The van der Waals surface area contributed by atoms with Crippen molar-refractivity contribution in [2.45, 2.75) is 6.92 Å². The van der Waals surface area contributed by atoms with Gasteiger partial charge in [0.05, 0.1) is 0 Å². The molecule has 0 aliphatic heterocycles. The highest BCUT2D eigenvalue weighted by molar-refractivity contribution is 5.93. The maximum atomic E-state index is 10.9. The second-order valence-electron chi connectivity index (χ2n) is 1.84. The van der Waals surface area contributed by atoms with E-state index in [1.54, 1.807) is 6.92 Å². The number of hydrogen-bond acceptors (Lipinski definition) is 4. The van der Waals surface area contributed by atoms with Gasteiger partial charge >= 0.3 is 0 Å². The average Bonchev–Trinajstić information content (AvgIpc) is 2.36. The molecule has 0 atom stereocenters. The molecule has 1 heterocycles. The number of allylic oxidation sites excluding steroid dienone is 1. The Labute approximate surface area is 57.3 Å². The normalized spacial score (nSPS) is 9.30. The fourth-order valence-electron chi connectivity index (χ4n) is 0.450. The summed E-state index contributed by atoms with van der Waals surface area (Å²) in [6.45, 7) is 5.05. The van der Waals surface area contributed by atoms with E-state index in [1.165, 1.54) is 6.33 Å². The van der Waals surface area contributed by atoms with Crippen molar-refractivity contribution in [2.24, 2.45) is 0 Å². The molecule has 0 fully saturated rings. The third kappa shape index (κ3) is 1.07. The number of hydrogen-bond donors (Lipinski definition) is 0. The third-order valence-corrected chi connectivity index (χ3v) is 0.922. The number of carbonyl (C=O) groups excluding carboxylic acids is 1. The molecule has 5 heteroatoms. The monoisotopic (exact) mass is 138 g/mol. The van der Waals surface area contributed by atoms with E-state index in [0.717, 1.165) is 4.68 Å². The van der Waals surface area contributed by atoms with E-state index < -0.39 is 0 Å². The number of aromatic nitrogens is 4. The molecular weight excluding hydrogens is 132 g/mol. The molecule has 0 bridgehead atoms. The lowest BCUT2D eigenvalue weighted by Gasteiger charge is -1.92. The lowest BCUT2D eigenvalue weighted by atomic mass is 10.3. The molecule has 0 radical (unpaired) electrons. The minimum atomic E-state index is -0.287. The van der Waals surface area contributed by atoms with Crippen LogP contribution in [0, 0.1) is 0 Å². The molecule has 0 saturated heterocycles. The summed E-state index contributed by atoms with van der Waals surface area (Å²) >= 11 is 0. The van der Waals surface area contributed by atoms with Gasteiger partial charge in [0.2, 0.25) is 0 Å². The van der Waals surface area contributed by atoms with Crippen LogP contribution in [-0.4, -0.2) is 26.1 Å². The summed E-state index contributed by atoms with van der Waals surface area (Å²) in [5, 5.41) is 9.97. The topological polar surface area (TPSA) is 60.7 Å². The maximum Gasteiger partial charge on any atom is 0.276 e. The van der Waals surface area contributed by atoms with E-state index >= 15 is 0 Å². The van der Waals surface area contributed by atoms with Gasteiger partial charge < -0.3 is 0 Å². The van der Waals surface area contributed by atoms with E-state index in [1.807, 2.05) is 0 Å². The lowest BCUT2D eigenvalue weighted by Crippen LogP contribution is -2.11. The highest BCUT2D eigenvalue weighted by atomic mass is 16.2. The Balaban J connectivity index is 2.88. The van der Waals surface area contributed by atoms with Crippen LogP contribution in [0.3, 0.4) is 0 Å². The second-order valence-corrected chi connectivity index (χ2v) is 1.84. The number of rotatable bonds is 1. The minimum absolute atomic E-state index is 0.287. The smallest absolute Gasteiger partial charge is 0.267 e. The van der Waals surface area contributed by atoms with Crippen LogP contribution in [0.25, 0.3) is 0 Å². The highest BCUT2D eigenvalue weighted by Crippen LogP contribution is 1.90. The first-order valence-corrected chi connectivity index (χ1v) is 2.65. The molecule has 0 amide bonds. The summed E-state index contributed by atoms with van der Waals surface area (Å²) in [5.74, 6) is -0.287. The molecule has 0 unspecified atom stereocenters. The Kier molecular flexibility index (Phi) is 1.57. The third-order valence-electron chi connectivity index (χ3n) is 0.922. The van der Waals surface area contributed by atoms with Crippen molar-refractivity contribution in [3.63, 3.8) is 0 Å². The molecule has 0 N–H and O–H groups in total. The fourth-order valence-corrected chi connectivity index (χ4v) is 0.450. The first-order valence-electron chi connectivity index (χ1n) is 2.65. The van der Waals surface area contributed by atoms with Crippen LogP contribution in [-0.2, 0) is 0 Å². The van der Waals surface area contributed by atoms with E-state index in [2.05, 4.69) is 22.1 Å². The Morgan fingerprint density at radius 2 is 2.40 bits per heavy atom. The zero-order chi connectivity index (χ0) is 7.56. The standard InChI is InChI=1S/C5H6N4O/c1-4(2)5(10)9-3-6-7-8-9/h3H,1H2,2H3. The predicted molar refractivity (Wildman–Crippen MR) is 33.3 cm³/mol. The summed E-state index contributed by atoms with van der Waals surface area (Å²) in [5.41, 5.74) is 0.410. The second kappa shape index (κ2) is 2.38. The van der Waals surface area contributed by atoms with Crippen LogP contribution in [0.4, 0.5) is 0 Å². The van der Waals surface area contributed by atoms with Gasteiger partial charge in [-0.3, -0.25) is 4.79 Å². The van der Waals surface area contributed by atoms with Crippen LogP contribution in [0.15, 0.2) is 18.5 Å². The van der Waals surface area contributed by atoms with Gasteiger partial charge in [0.25, 0.3) is 5.91 Å². The van der Waals surface area contributed by atoms with Gasteiger partial charge in [0.15, 0.2) is 0 Å². The van der Waals surface area contributed by atoms with Crippen molar-refractivity contribution < 1.29 is 4.79 Å². The molecule has 1 aromatic heterocycles. The summed E-state index contributed by atoms with van der Waals surface area (Å²) in [4.78, 5) is 10.9. The maximum absolute atomic E-state index is 10.9. The predicted octanol–water partition coefficient (Wildman–Crippen LogP) is -0.111. The molecule has 0 aliphatic carbocycles. The molecule has 10 heavy (non-hydrogen) atoms. The van der Waals surface area contributed by atoms with E-state index in [4.69, 9.17) is 0 Å². The Morgan fingerprint density at radius 1 is 1.70 bits per heavy atom. The summed E-state index contributed by atoms with van der Waals surface area (Å²) in [6.07, 6.45) is 1.23. The zero-order valence-electron chi connectivity index (χ0n) is 5.48. The van der Waals surface area contributed by atoms with Crippen LogP contribution in [0.2, 0.25) is 0 Å². The molecule has 0 spiro atoms. The Bertz CT molecular complexity index is 251. The highest BCUT2D eigenvalue weighted by Gasteiger charge is 2.04. The molecule has 5 nitrogen and oxygen atoms in total. The molecular formula is C5H6N4O. The molecule has 0 aromatic carbocycles. The largest absolute Gasteiger partial charge is 0.276 e. The van der Waals surface area contributed by atoms with Crippen molar-refractivity contribution in [3.8, 4) is 0 Å². The number of tetrazole rings is 1. The summed E-state index contributed by atoms with van der Waals surface area (Å²) in [6, 6.07) is 0. The van der Waals surface area contributed by atoms with Crippen molar-refractivity contribution in [1.82, 2.24) is 20.2 Å². The number of nitrogens with zero attached hydrogens (tertiary/aromatic N) is 4. The lowest BCUT2D eigenvalue weighted by molar-refractivity contribution is 0.0938. The van der Waals surface area contributed by atoms with Crippen LogP contribution in [0.5, 0.6) is 0 Å². The first-order chi connectivity index (χ1) is 4.72. The van der Waals surface area contributed by atoms with Crippen molar-refractivity contribution in [1.29, 1.82) is 0 Å². The molecule has 0 aliphatic rings. The van der Waals surface area contributed by atoms with E-state index in [-0.39, 0.29) is 5.91 Å². The van der Waals surface area contributed by atoms with Gasteiger partial charge in [-0.2, -0.15) is 4.68 Å². The van der Waals surface area contributed by atoms with Crippen LogP contribution >= 0.6 is 0 Å². The van der Waals surface area contributed by atoms with Gasteiger partial charge in [-0.25, -0.2) is 0 Å². The van der Waals surface area contributed by atoms with Crippen LogP contribution < -0.4 is 0 Å². The van der Waals surface area contributed by atoms with Crippen LogP contribution in [0.1, 0.15) is 11.7 Å². The zero-order valence-corrected chi connectivity index (χ0v) is 5.48. The molecule has 1 rings (SSSR count). The molecule has 52 valence electrons. The SMILES string of the molecule is C=C(C)C(=O)n1cnnn1. The summed E-state index contributed by atoms with van der Waals surface area (Å²) in [7, 11) is 0. The van der Waals surface area contributed by atoms with Gasteiger partial charge in [0.1, 0.15) is 6.33 Å². The Morgan fingerprint density at radius 3 is 2.80 bits per heavy atom. The number of carbonyl (C=O) groups is 1. The minimum Gasteiger partial charge on any atom is -0.267 e. The van der Waals surface area contributed by atoms with E-state index in [9.17, 15) is 4.79 Å². The Hall–Kier alpha value is -1.52. The van der Waals surface area contributed by atoms with Crippen molar-refractivity contribution in [2.75, 3.05) is 0 Å².